The molecule has 0 atom stereocenters. The van der Waals surface area contributed by atoms with Crippen LogP contribution in [0.15, 0.2) is 36.4 Å². The van der Waals surface area contributed by atoms with Crippen LogP contribution in [0, 0.1) is 4.64 Å². The number of fused-ring (bicyclic) bond motifs is 3. The molecule has 0 aliphatic carbocycles. The van der Waals surface area contributed by atoms with Gasteiger partial charge in [0, 0.05) is 16.8 Å². The molecule has 1 aliphatic rings. The van der Waals surface area contributed by atoms with Crippen LogP contribution in [-0.2, 0) is 11.7 Å². The standard InChI is InChI=1S/C20H16ClF3N2OS2/c1-19(2)17-16(12-9-11(27-3)5-7-15(12)25-19)18(28)26(29-17)10-4-6-14(21)13(8-10)20(22,23)24/h4-9,25H,1-3H3. The molecule has 3 aromatic rings. The Balaban J connectivity index is 1.97. The Hall–Kier alpha value is -2.03. The highest BCUT2D eigenvalue weighted by Gasteiger charge is 2.36. The maximum atomic E-state index is 13.3. The molecule has 0 unspecified atom stereocenters. The molecule has 2 heterocycles. The summed E-state index contributed by atoms with van der Waals surface area (Å²) in [7, 11) is 1.58. The first-order valence-electron chi connectivity index (χ1n) is 8.63. The van der Waals surface area contributed by atoms with Crippen molar-refractivity contribution in [2.45, 2.75) is 25.6 Å². The predicted molar refractivity (Wildman–Crippen MR) is 113 cm³/mol. The number of anilines is 1. The highest BCUT2D eigenvalue weighted by Crippen LogP contribution is 2.48. The van der Waals surface area contributed by atoms with Gasteiger partial charge in [0.2, 0.25) is 0 Å². The number of halogens is 4. The average molecular weight is 457 g/mol. The second kappa shape index (κ2) is 6.75. The van der Waals surface area contributed by atoms with Crippen molar-refractivity contribution in [3.05, 3.63) is 56.5 Å². The van der Waals surface area contributed by atoms with Gasteiger partial charge in [-0.2, -0.15) is 13.2 Å². The first-order chi connectivity index (χ1) is 13.5. The summed E-state index contributed by atoms with van der Waals surface area (Å²) in [5.41, 5.74) is 1.58. The van der Waals surface area contributed by atoms with Crippen LogP contribution in [0.4, 0.5) is 18.9 Å². The molecule has 4 rings (SSSR count). The molecule has 0 amide bonds. The maximum Gasteiger partial charge on any atom is 0.417 e. The first kappa shape index (κ1) is 20.3. The summed E-state index contributed by atoms with van der Waals surface area (Å²) in [6.07, 6.45) is -4.55. The smallest absolute Gasteiger partial charge is 0.417 e. The molecular formula is C20H16ClF3N2OS2. The van der Waals surface area contributed by atoms with E-state index in [0.717, 1.165) is 27.8 Å². The molecule has 0 spiro atoms. The van der Waals surface area contributed by atoms with Crippen LogP contribution in [0.5, 0.6) is 5.75 Å². The fourth-order valence-electron chi connectivity index (χ4n) is 3.43. The summed E-state index contributed by atoms with van der Waals surface area (Å²) in [5, 5.41) is 3.13. The largest absolute Gasteiger partial charge is 0.497 e. The minimum absolute atomic E-state index is 0.325. The monoisotopic (exact) mass is 456 g/mol. The summed E-state index contributed by atoms with van der Waals surface area (Å²) in [6, 6.07) is 9.48. The number of aromatic nitrogens is 1. The van der Waals surface area contributed by atoms with Crippen LogP contribution in [0.3, 0.4) is 0 Å². The highest BCUT2D eigenvalue weighted by molar-refractivity contribution is 7.71. The molecule has 1 aliphatic heterocycles. The van der Waals surface area contributed by atoms with Gasteiger partial charge in [0.25, 0.3) is 0 Å². The van der Waals surface area contributed by atoms with Gasteiger partial charge in [-0.1, -0.05) is 35.4 Å². The Kier molecular flexibility index (Phi) is 4.72. The van der Waals surface area contributed by atoms with Gasteiger partial charge in [0.05, 0.1) is 33.8 Å². The van der Waals surface area contributed by atoms with E-state index in [9.17, 15) is 13.2 Å². The average Bonchev–Trinajstić information content (AvgIpc) is 2.99. The van der Waals surface area contributed by atoms with Gasteiger partial charge in [-0.05, 0) is 50.2 Å². The van der Waals surface area contributed by atoms with Crippen molar-refractivity contribution in [2.75, 3.05) is 12.4 Å². The Labute approximate surface area is 179 Å². The number of alkyl halides is 3. The van der Waals surface area contributed by atoms with Crippen LogP contribution in [0.25, 0.3) is 16.8 Å². The molecule has 2 aromatic carbocycles. The normalized spacial score (nSPS) is 14.7. The van der Waals surface area contributed by atoms with Crippen LogP contribution >= 0.6 is 35.4 Å². The zero-order valence-electron chi connectivity index (χ0n) is 15.6. The fourth-order valence-corrected chi connectivity index (χ4v) is 5.30. The lowest BCUT2D eigenvalue weighted by Gasteiger charge is -2.33. The molecule has 0 fully saturated rings. The minimum atomic E-state index is -4.55. The summed E-state index contributed by atoms with van der Waals surface area (Å²) < 4.78 is 47.4. The molecule has 9 heteroatoms. The molecule has 0 saturated carbocycles. The highest BCUT2D eigenvalue weighted by atomic mass is 35.5. The van der Waals surface area contributed by atoms with Crippen molar-refractivity contribution in [1.82, 2.24) is 3.96 Å². The van der Waals surface area contributed by atoms with Gasteiger partial charge >= 0.3 is 6.18 Å². The topological polar surface area (TPSA) is 26.2 Å². The summed E-state index contributed by atoms with van der Waals surface area (Å²) in [6.45, 7) is 4.02. The fraction of sp³-hybridized carbons (Fsp3) is 0.250. The van der Waals surface area contributed by atoms with E-state index < -0.39 is 17.3 Å². The summed E-state index contributed by atoms with van der Waals surface area (Å²) in [4.78, 5) is 0.937. The molecule has 0 radical (unpaired) electrons. The molecular weight excluding hydrogens is 441 g/mol. The van der Waals surface area contributed by atoms with Crippen molar-refractivity contribution in [1.29, 1.82) is 0 Å². The van der Waals surface area contributed by atoms with Crippen LogP contribution in [0.2, 0.25) is 5.02 Å². The van der Waals surface area contributed by atoms with E-state index in [1.165, 1.54) is 17.6 Å². The van der Waals surface area contributed by atoms with Crippen LogP contribution in [0.1, 0.15) is 24.3 Å². The number of rotatable bonds is 2. The van der Waals surface area contributed by atoms with Gasteiger partial charge in [0.15, 0.2) is 0 Å². The number of hydrogen-bond acceptors (Lipinski definition) is 4. The second-order valence-electron chi connectivity index (χ2n) is 7.22. The van der Waals surface area contributed by atoms with Gasteiger partial charge in [-0.25, -0.2) is 0 Å². The number of benzene rings is 2. The van der Waals surface area contributed by atoms with Crippen molar-refractivity contribution in [3.63, 3.8) is 0 Å². The number of nitrogens with zero attached hydrogens (tertiary/aromatic N) is 1. The third kappa shape index (κ3) is 3.33. The van der Waals surface area contributed by atoms with Gasteiger partial charge in [0.1, 0.15) is 10.4 Å². The zero-order valence-corrected chi connectivity index (χ0v) is 18.0. The van der Waals surface area contributed by atoms with E-state index in [4.69, 9.17) is 28.6 Å². The summed E-state index contributed by atoms with van der Waals surface area (Å²) >= 11 is 12.8. The first-order valence-corrected chi connectivity index (χ1v) is 10.2. The van der Waals surface area contributed by atoms with E-state index in [1.54, 1.807) is 17.1 Å². The van der Waals surface area contributed by atoms with Crippen LogP contribution in [-0.4, -0.2) is 11.1 Å². The van der Waals surface area contributed by atoms with E-state index in [2.05, 4.69) is 5.32 Å². The van der Waals surface area contributed by atoms with E-state index in [0.29, 0.717) is 16.1 Å². The van der Waals surface area contributed by atoms with E-state index >= 15 is 0 Å². The van der Waals surface area contributed by atoms with Gasteiger partial charge in [-0.3, -0.25) is 3.96 Å². The quantitative estimate of drug-likeness (QED) is 0.410. The Morgan fingerprint density at radius 1 is 1.17 bits per heavy atom. The van der Waals surface area contributed by atoms with Gasteiger partial charge < -0.3 is 10.1 Å². The van der Waals surface area contributed by atoms with E-state index in [1.807, 2.05) is 32.0 Å². The Bertz CT molecular complexity index is 1180. The second-order valence-corrected chi connectivity index (χ2v) is 8.97. The molecule has 3 nitrogen and oxygen atoms in total. The van der Waals surface area contributed by atoms with Crippen molar-refractivity contribution < 1.29 is 17.9 Å². The van der Waals surface area contributed by atoms with Crippen molar-refractivity contribution >= 4 is 41.0 Å². The minimum Gasteiger partial charge on any atom is -0.497 e. The number of methoxy groups -OCH3 is 1. The molecule has 1 N–H and O–H groups in total. The molecule has 0 saturated heterocycles. The summed E-state index contributed by atoms with van der Waals surface area (Å²) in [5.74, 6) is 0.675. The Morgan fingerprint density at radius 3 is 2.55 bits per heavy atom. The number of ether oxygens (including phenoxy) is 1. The van der Waals surface area contributed by atoms with Crippen molar-refractivity contribution in [3.8, 4) is 22.6 Å². The third-order valence-corrected chi connectivity index (χ3v) is 7.11. The van der Waals surface area contributed by atoms with E-state index in [-0.39, 0.29) is 5.02 Å². The van der Waals surface area contributed by atoms with Crippen molar-refractivity contribution in [2.24, 2.45) is 0 Å². The maximum absolute atomic E-state index is 13.3. The zero-order chi connectivity index (χ0) is 21.1. The van der Waals surface area contributed by atoms with Gasteiger partial charge in [-0.15, -0.1) is 0 Å². The Morgan fingerprint density at radius 2 is 1.90 bits per heavy atom. The number of hydrogen-bond donors (Lipinski definition) is 1. The third-order valence-electron chi connectivity index (χ3n) is 4.81. The lowest BCUT2D eigenvalue weighted by molar-refractivity contribution is -0.137. The molecule has 152 valence electrons. The predicted octanol–water partition coefficient (Wildman–Crippen LogP) is 7.28. The SMILES string of the molecule is COc1ccc2c(c1)-c1c(sn(-c3ccc(Cl)c(C(F)(F)F)c3)c1=S)C(C)(C)N2. The molecule has 0 bridgehead atoms. The van der Waals surface area contributed by atoms with Crippen LogP contribution < -0.4 is 10.1 Å². The lowest BCUT2D eigenvalue weighted by Crippen LogP contribution is -2.30. The molecule has 29 heavy (non-hydrogen) atoms. The number of nitrogens with one attached hydrogen (secondary N) is 1. The lowest BCUT2D eigenvalue weighted by atomic mass is 9.90. The molecule has 1 aromatic heterocycles.